The molecule has 1 atom stereocenters. The zero-order valence-corrected chi connectivity index (χ0v) is 18.1. The minimum absolute atomic E-state index is 0. The molecule has 0 saturated carbocycles. The second-order valence-corrected chi connectivity index (χ2v) is 9.24. The summed E-state index contributed by atoms with van der Waals surface area (Å²) in [4.78, 5) is 0. The molecule has 4 nitrogen and oxygen atoms in total. The number of hydrogen-bond acceptors (Lipinski definition) is 2. The molecule has 10 heteroatoms. The monoisotopic (exact) mass is 478 g/mol. The van der Waals surface area contributed by atoms with Crippen LogP contribution in [-0.2, 0) is 16.6 Å². The maximum Gasteiger partial charge on any atom is 0.422 e. The van der Waals surface area contributed by atoms with Gasteiger partial charge in [-0.3, -0.25) is 0 Å². The van der Waals surface area contributed by atoms with Crippen LogP contribution in [0.1, 0.15) is 25.3 Å². The molecule has 0 spiro atoms. The molecule has 27 heavy (non-hydrogen) atoms. The van der Waals surface area contributed by atoms with E-state index in [0.29, 0.717) is 24.4 Å². The zero-order chi connectivity index (χ0) is 20.1. The second kappa shape index (κ2) is 10.2. The average Bonchev–Trinajstić information content (AvgIpc) is 2.49. The first-order valence-electron chi connectivity index (χ1n) is 8.33. The minimum atomic E-state index is -5.08. The summed E-state index contributed by atoms with van der Waals surface area (Å²) in [6.07, 6.45) is -5.69. The van der Waals surface area contributed by atoms with Gasteiger partial charge in [-0.2, -0.15) is 13.2 Å². The highest BCUT2D eigenvalue weighted by atomic mass is 79.9. The van der Waals surface area contributed by atoms with Gasteiger partial charge in [-0.1, -0.05) is 30.3 Å². The number of nitrogens with zero attached hydrogens (tertiary/aromatic N) is 1. The molecule has 158 valence electrons. The van der Waals surface area contributed by atoms with Crippen LogP contribution < -0.4 is 21.7 Å². The highest BCUT2D eigenvalue weighted by Crippen LogP contribution is 2.36. The Kier molecular flexibility index (Phi) is 9.91. The maximum atomic E-state index is 13.5. The molecule has 1 aromatic rings. The normalized spacial score (nSPS) is 15.1. The Morgan fingerprint density at radius 3 is 2.15 bits per heavy atom. The number of halogens is 5. The van der Waals surface area contributed by atoms with E-state index < -0.39 is 34.0 Å². The molecule has 0 aliphatic rings. The van der Waals surface area contributed by atoms with Gasteiger partial charge in [0.05, 0.1) is 26.4 Å². The van der Waals surface area contributed by atoms with Crippen molar-refractivity contribution in [3.8, 4) is 0 Å². The number of nitrogens with one attached hydrogen (secondary N) is 1. The molecule has 0 aliphatic heterocycles. The van der Waals surface area contributed by atoms with Crippen molar-refractivity contribution in [1.29, 1.82) is 0 Å². The van der Waals surface area contributed by atoms with E-state index in [0.717, 1.165) is 12.1 Å². The topological polar surface area (TPSA) is 46.2 Å². The Bertz CT molecular complexity index is 665. The van der Waals surface area contributed by atoms with E-state index >= 15 is 0 Å². The molecule has 0 aromatic heterocycles. The van der Waals surface area contributed by atoms with Crippen LogP contribution in [0.2, 0.25) is 0 Å². The summed E-state index contributed by atoms with van der Waals surface area (Å²) in [5, 5.41) is 0. The van der Waals surface area contributed by atoms with E-state index in [2.05, 4.69) is 4.72 Å². The van der Waals surface area contributed by atoms with Crippen LogP contribution in [0, 0.1) is 0 Å². The van der Waals surface area contributed by atoms with Crippen LogP contribution >= 0.6 is 0 Å². The lowest BCUT2D eigenvalue weighted by atomic mass is 10.1. The van der Waals surface area contributed by atoms with Crippen molar-refractivity contribution < 1.29 is 47.4 Å². The van der Waals surface area contributed by atoms with Gasteiger partial charge in [0.25, 0.3) is 0 Å². The van der Waals surface area contributed by atoms with E-state index in [9.17, 15) is 26.0 Å². The van der Waals surface area contributed by atoms with Crippen molar-refractivity contribution in [2.75, 3.05) is 32.9 Å². The van der Waals surface area contributed by atoms with Crippen molar-refractivity contribution >= 4 is 10.0 Å². The van der Waals surface area contributed by atoms with Crippen LogP contribution in [0.4, 0.5) is 17.6 Å². The van der Waals surface area contributed by atoms with Gasteiger partial charge in [0.1, 0.15) is 6.54 Å². The fourth-order valence-corrected chi connectivity index (χ4v) is 3.68. The smallest absolute Gasteiger partial charge is 0.422 e. The third-order valence-corrected chi connectivity index (χ3v) is 5.53. The number of benzene rings is 1. The quantitative estimate of drug-likeness (QED) is 0.298. The number of sulfonamides is 1. The van der Waals surface area contributed by atoms with E-state index in [-0.39, 0.29) is 23.5 Å². The van der Waals surface area contributed by atoms with Gasteiger partial charge in [-0.05, 0) is 6.92 Å². The van der Waals surface area contributed by atoms with E-state index in [4.69, 9.17) is 0 Å². The molecule has 0 heterocycles. The van der Waals surface area contributed by atoms with E-state index in [1.54, 1.807) is 0 Å². The van der Waals surface area contributed by atoms with Crippen molar-refractivity contribution in [3.05, 3.63) is 35.9 Å². The Morgan fingerprint density at radius 2 is 1.63 bits per heavy atom. The molecular formula is C17H27BrF4N2O2S. The molecule has 0 fully saturated rings. The summed E-state index contributed by atoms with van der Waals surface area (Å²) < 4.78 is 77.2. The molecular weight excluding hydrogens is 452 g/mol. The summed E-state index contributed by atoms with van der Waals surface area (Å²) in [7, 11) is 0.0779. The summed E-state index contributed by atoms with van der Waals surface area (Å²) in [6, 6.07) is 9.85. The lowest BCUT2D eigenvalue weighted by Gasteiger charge is -2.30. The zero-order valence-electron chi connectivity index (χ0n) is 15.7. The maximum absolute atomic E-state index is 13.5. The third kappa shape index (κ3) is 9.87. The van der Waals surface area contributed by atoms with Gasteiger partial charge in [-0.25, -0.2) is 17.5 Å². The van der Waals surface area contributed by atoms with Crippen LogP contribution in [0.15, 0.2) is 30.3 Å². The van der Waals surface area contributed by atoms with Crippen molar-refractivity contribution in [2.24, 2.45) is 0 Å². The lowest BCUT2D eigenvalue weighted by Crippen LogP contribution is -3.00. The fourth-order valence-electron chi connectivity index (χ4n) is 2.43. The Hall–Kier alpha value is -0.710. The predicted octanol–water partition coefficient (Wildman–Crippen LogP) is 0.257. The molecule has 0 saturated heterocycles. The largest absolute Gasteiger partial charge is 1.00 e. The summed E-state index contributed by atoms with van der Waals surface area (Å²) in [6.45, 7) is 1.92. The van der Waals surface area contributed by atoms with Crippen molar-refractivity contribution in [1.82, 2.24) is 4.72 Å². The van der Waals surface area contributed by atoms with Crippen LogP contribution in [-0.4, -0.2) is 57.7 Å². The molecule has 0 amide bonds. The first-order valence-corrected chi connectivity index (χ1v) is 9.98. The third-order valence-electron chi connectivity index (χ3n) is 4.15. The number of quaternary nitrogens is 1. The molecule has 0 radical (unpaired) electrons. The first kappa shape index (κ1) is 26.3. The Labute approximate surface area is 169 Å². The Balaban J connectivity index is 0.00000676. The first-order chi connectivity index (χ1) is 11.7. The minimum Gasteiger partial charge on any atom is -1.00 e. The van der Waals surface area contributed by atoms with Crippen LogP contribution in [0.25, 0.3) is 0 Å². The standard InChI is InChI=1S/C17H27F4N2O2S.BrH/c1-16(18,17(19,20)21)10-13-26(24,25)22-11-7-12-23(2,3)14-15-8-5-4-6-9-15;/h4-6,8-9,22H,7,10-14H2,1-3H3;1H/q+1;/p-1. The predicted molar refractivity (Wildman–Crippen MR) is 93.7 cm³/mol. The van der Waals surface area contributed by atoms with Crippen LogP contribution in [0.5, 0.6) is 0 Å². The van der Waals surface area contributed by atoms with Crippen molar-refractivity contribution in [3.63, 3.8) is 0 Å². The highest BCUT2D eigenvalue weighted by molar-refractivity contribution is 7.89. The summed E-state index contributed by atoms with van der Waals surface area (Å²) >= 11 is 0. The fraction of sp³-hybridized carbons (Fsp3) is 0.647. The van der Waals surface area contributed by atoms with Gasteiger partial charge >= 0.3 is 6.18 Å². The van der Waals surface area contributed by atoms with E-state index in [1.807, 2.05) is 44.4 Å². The second-order valence-electron chi connectivity index (χ2n) is 7.32. The molecule has 1 aromatic carbocycles. The van der Waals surface area contributed by atoms with Gasteiger partial charge in [-0.15, -0.1) is 0 Å². The summed E-state index contributed by atoms with van der Waals surface area (Å²) in [5.41, 5.74) is -2.36. The van der Waals surface area contributed by atoms with Gasteiger partial charge < -0.3 is 21.5 Å². The SMILES string of the molecule is CC(F)(CCS(=O)(=O)NCCC[N+](C)(C)Cc1ccccc1)C(F)(F)F.[Br-]. The molecule has 1 N–H and O–H groups in total. The van der Waals surface area contributed by atoms with Gasteiger partial charge in [0, 0.05) is 24.9 Å². The molecule has 1 rings (SSSR count). The summed E-state index contributed by atoms with van der Waals surface area (Å²) in [5.74, 6) is -0.901. The average molecular weight is 479 g/mol. The Morgan fingerprint density at radius 1 is 1.07 bits per heavy atom. The van der Waals surface area contributed by atoms with E-state index in [1.165, 1.54) is 0 Å². The van der Waals surface area contributed by atoms with Crippen molar-refractivity contribution in [2.45, 2.75) is 38.2 Å². The molecule has 0 bridgehead atoms. The van der Waals surface area contributed by atoms with Crippen LogP contribution in [0.3, 0.4) is 0 Å². The van der Waals surface area contributed by atoms with Gasteiger partial charge in [0.2, 0.25) is 15.7 Å². The number of hydrogen-bond donors (Lipinski definition) is 1. The number of rotatable bonds is 10. The molecule has 1 unspecified atom stereocenters. The highest BCUT2D eigenvalue weighted by Gasteiger charge is 2.52. The lowest BCUT2D eigenvalue weighted by molar-refractivity contribution is -0.903. The van der Waals surface area contributed by atoms with Gasteiger partial charge in [0.15, 0.2) is 0 Å². The molecule has 0 aliphatic carbocycles. The number of alkyl halides is 4.